The van der Waals surface area contributed by atoms with Crippen LogP contribution in [0.2, 0.25) is 0 Å². The van der Waals surface area contributed by atoms with E-state index < -0.39 is 29.7 Å². The van der Waals surface area contributed by atoms with E-state index in [0.29, 0.717) is 5.56 Å². The summed E-state index contributed by atoms with van der Waals surface area (Å²) < 4.78 is 30.9. The largest absolute Gasteiger partial charge is 0.514 e. The lowest BCUT2D eigenvalue weighted by atomic mass is 9.86. The molecule has 0 saturated heterocycles. The average Bonchev–Trinajstić information content (AvgIpc) is 3.01. The highest BCUT2D eigenvalue weighted by molar-refractivity contribution is 5.92. The second-order valence-electron chi connectivity index (χ2n) is 10.4. The Hall–Kier alpha value is -5.64. The SMILES string of the molecule is COC(=O)Oc1ccc(C(=O)Oc2ccc(OC(=O)c3ccc(OC(=O)OCc4ccccc4)cc3)c(C(C)(C)C)c2)cc1. The molecule has 4 rings (SSSR count). The van der Waals surface area contributed by atoms with Crippen LogP contribution in [0.4, 0.5) is 9.59 Å². The molecule has 44 heavy (non-hydrogen) atoms. The molecule has 0 aromatic heterocycles. The number of carbonyl (C=O) groups excluding carboxylic acids is 4. The van der Waals surface area contributed by atoms with Crippen LogP contribution in [0.15, 0.2) is 97.1 Å². The van der Waals surface area contributed by atoms with E-state index in [1.54, 1.807) is 12.1 Å². The van der Waals surface area contributed by atoms with E-state index in [1.165, 1.54) is 61.7 Å². The maximum Gasteiger partial charge on any atom is 0.514 e. The zero-order chi connectivity index (χ0) is 31.7. The van der Waals surface area contributed by atoms with Gasteiger partial charge >= 0.3 is 24.2 Å². The number of ether oxygens (including phenoxy) is 6. The molecule has 0 amide bonds. The van der Waals surface area contributed by atoms with Gasteiger partial charge in [0.15, 0.2) is 0 Å². The van der Waals surface area contributed by atoms with Crippen LogP contribution in [0, 0.1) is 0 Å². The summed E-state index contributed by atoms with van der Waals surface area (Å²) in [6.07, 6.45) is -1.75. The molecule has 10 nitrogen and oxygen atoms in total. The second kappa shape index (κ2) is 14.0. The van der Waals surface area contributed by atoms with Gasteiger partial charge in [-0.1, -0.05) is 51.1 Å². The Kier molecular flexibility index (Phi) is 9.97. The third kappa shape index (κ3) is 8.68. The van der Waals surface area contributed by atoms with E-state index in [2.05, 4.69) is 4.74 Å². The molecule has 0 fully saturated rings. The molecule has 0 N–H and O–H groups in total. The number of carbonyl (C=O) groups is 4. The van der Waals surface area contributed by atoms with Crippen molar-refractivity contribution in [3.05, 3.63) is 119 Å². The Labute approximate surface area is 254 Å². The lowest BCUT2D eigenvalue weighted by Gasteiger charge is -2.23. The number of rotatable bonds is 8. The van der Waals surface area contributed by atoms with Crippen molar-refractivity contribution in [2.45, 2.75) is 32.8 Å². The summed E-state index contributed by atoms with van der Waals surface area (Å²) in [4.78, 5) is 49.0. The number of hydrogen-bond acceptors (Lipinski definition) is 10. The lowest BCUT2D eigenvalue weighted by Crippen LogP contribution is -2.17. The van der Waals surface area contributed by atoms with Gasteiger partial charge in [0, 0.05) is 5.56 Å². The molecule has 0 saturated carbocycles. The first kappa shape index (κ1) is 31.3. The van der Waals surface area contributed by atoms with Crippen LogP contribution < -0.4 is 18.9 Å². The number of benzene rings is 4. The first-order valence-electron chi connectivity index (χ1n) is 13.4. The van der Waals surface area contributed by atoms with E-state index >= 15 is 0 Å². The molecule has 4 aromatic carbocycles. The summed E-state index contributed by atoms with van der Waals surface area (Å²) >= 11 is 0. The monoisotopic (exact) mass is 598 g/mol. The van der Waals surface area contributed by atoms with Gasteiger partial charge in [-0.05, 0) is 77.7 Å². The molecule has 0 unspecified atom stereocenters. The smallest absolute Gasteiger partial charge is 0.437 e. The van der Waals surface area contributed by atoms with Crippen LogP contribution in [0.25, 0.3) is 0 Å². The standard InChI is InChI=1S/C34H30O10/c1-34(2,3)28-20-27(41-30(35)23-10-14-25(15-11-23)42-32(37)39-4)18-19-29(28)44-31(36)24-12-16-26(17-13-24)43-33(38)40-21-22-8-6-5-7-9-22/h5-20H,21H2,1-4H3. The van der Waals surface area contributed by atoms with Crippen LogP contribution in [0.5, 0.6) is 23.0 Å². The van der Waals surface area contributed by atoms with Crippen LogP contribution in [0.3, 0.4) is 0 Å². The summed E-state index contributed by atoms with van der Waals surface area (Å²) in [6, 6.07) is 25.5. The molecular formula is C34H30O10. The van der Waals surface area contributed by atoms with E-state index in [-0.39, 0.29) is 40.7 Å². The van der Waals surface area contributed by atoms with E-state index in [4.69, 9.17) is 23.7 Å². The molecule has 0 bridgehead atoms. The van der Waals surface area contributed by atoms with Crippen molar-refractivity contribution in [2.75, 3.05) is 7.11 Å². The van der Waals surface area contributed by atoms with Gasteiger partial charge < -0.3 is 28.4 Å². The average molecular weight is 599 g/mol. The fourth-order valence-electron chi connectivity index (χ4n) is 3.87. The Bertz CT molecular complexity index is 1620. The number of hydrogen-bond donors (Lipinski definition) is 0. The molecule has 0 heterocycles. The van der Waals surface area contributed by atoms with Crippen molar-refractivity contribution in [1.82, 2.24) is 0 Å². The minimum Gasteiger partial charge on any atom is -0.437 e. The normalized spacial score (nSPS) is 10.7. The first-order valence-corrected chi connectivity index (χ1v) is 13.4. The Morgan fingerprint density at radius 1 is 0.591 bits per heavy atom. The van der Waals surface area contributed by atoms with Gasteiger partial charge in [-0.2, -0.15) is 0 Å². The third-order valence-electron chi connectivity index (χ3n) is 6.12. The zero-order valence-corrected chi connectivity index (χ0v) is 24.5. The second-order valence-corrected chi connectivity index (χ2v) is 10.4. The number of methoxy groups -OCH3 is 1. The van der Waals surface area contributed by atoms with E-state index in [0.717, 1.165) is 5.56 Å². The van der Waals surface area contributed by atoms with Crippen LogP contribution >= 0.6 is 0 Å². The van der Waals surface area contributed by atoms with E-state index in [1.807, 2.05) is 51.1 Å². The van der Waals surface area contributed by atoms with Gasteiger partial charge in [-0.15, -0.1) is 0 Å². The fourth-order valence-corrected chi connectivity index (χ4v) is 3.87. The van der Waals surface area contributed by atoms with Gasteiger partial charge in [0.1, 0.15) is 29.6 Å². The van der Waals surface area contributed by atoms with Crippen LogP contribution in [-0.2, 0) is 21.5 Å². The molecule has 4 aromatic rings. The van der Waals surface area contributed by atoms with Crippen molar-refractivity contribution >= 4 is 24.2 Å². The topological polar surface area (TPSA) is 124 Å². The molecule has 10 heteroatoms. The molecular weight excluding hydrogens is 568 g/mol. The maximum absolute atomic E-state index is 13.0. The first-order chi connectivity index (χ1) is 21.0. The maximum atomic E-state index is 13.0. The van der Waals surface area contributed by atoms with Crippen molar-refractivity contribution in [1.29, 1.82) is 0 Å². The predicted octanol–water partition coefficient (Wildman–Crippen LogP) is 7.28. The Balaban J connectivity index is 1.39. The lowest BCUT2D eigenvalue weighted by molar-refractivity contribution is 0.0716. The fraction of sp³-hybridized carbons (Fsp3) is 0.176. The minimum atomic E-state index is -0.876. The summed E-state index contributed by atoms with van der Waals surface area (Å²) in [5.74, 6) is -0.324. The van der Waals surface area contributed by atoms with Crippen molar-refractivity contribution < 1.29 is 47.6 Å². The van der Waals surface area contributed by atoms with E-state index in [9.17, 15) is 19.2 Å². The van der Waals surface area contributed by atoms with Gasteiger partial charge in [-0.25, -0.2) is 19.2 Å². The van der Waals surface area contributed by atoms with Gasteiger partial charge in [0.2, 0.25) is 0 Å². The highest BCUT2D eigenvalue weighted by atomic mass is 16.7. The zero-order valence-electron chi connectivity index (χ0n) is 24.5. The summed E-state index contributed by atoms with van der Waals surface area (Å²) in [5.41, 5.74) is 1.42. The van der Waals surface area contributed by atoms with Crippen LogP contribution in [-0.4, -0.2) is 31.4 Å². The molecule has 0 spiro atoms. The third-order valence-corrected chi connectivity index (χ3v) is 6.12. The van der Waals surface area contributed by atoms with Crippen molar-refractivity contribution in [3.8, 4) is 23.0 Å². The van der Waals surface area contributed by atoms with Gasteiger partial charge in [0.05, 0.1) is 18.2 Å². The summed E-state index contributed by atoms with van der Waals surface area (Å²) in [7, 11) is 1.19. The Morgan fingerprint density at radius 3 is 1.66 bits per heavy atom. The summed E-state index contributed by atoms with van der Waals surface area (Å²) in [5, 5.41) is 0. The molecule has 226 valence electrons. The van der Waals surface area contributed by atoms with Gasteiger partial charge in [-0.3, -0.25) is 0 Å². The van der Waals surface area contributed by atoms with Crippen LogP contribution in [0.1, 0.15) is 52.6 Å². The quantitative estimate of drug-likeness (QED) is 0.116. The highest BCUT2D eigenvalue weighted by Crippen LogP contribution is 2.35. The minimum absolute atomic E-state index is 0.0686. The Morgan fingerprint density at radius 2 is 1.11 bits per heavy atom. The number of esters is 2. The molecule has 0 aliphatic carbocycles. The predicted molar refractivity (Wildman–Crippen MR) is 158 cm³/mol. The molecule has 0 aliphatic heterocycles. The summed E-state index contributed by atoms with van der Waals surface area (Å²) in [6.45, 7) is 5.84. The van der Waals surface area contributed by atoms with Crippen molar-refractivity contribution in [3.63, 3.8) is 0 Å². The highest BCUT2D eigenvalue weighted by Gasteiger charge is 2.23. The van der Waals surface area contributed by atoms with Crippen molar-refractivity contribution in [2.24, 2.45) is 0 Å². The molecule has 0 atom stereocenters. The molecule has 0 radical (unpaired) electrons. The van der Waals surface area contributed by atoms with Gasteiger partial charge in [0.25, 0.3) is 0 Å². The molecule has 0 aliphatic rings.